The molecule has 1 aromatic carbocycles. The van der Waals surface area contributed by atoms with Gasteiger partial charge in [-0.15, -0.1) is 0 Å². The Labute approximate surface area is 122 Å². The predicted octanol–water partition coefficient (Wildman–Crippen LogP) is 4.22. The fourth-order valence-electron chi connectivity index (χ4n) is 2.46. The van der Waals surface area contributed by atoms with Gasteiger partial charge in [-0.25, -0.2) is 0 Å². The Morgan fingerprint density at radius 1 is 1.47 bits per heavy atom. The Morgan fingerprint density at radius 2 is 2.05 bits per heavy atom. The van der Waals surface area contributed by atoms with Crippen LogP contribution in [0.5, 0.6) is 5.75 Å². The Kier molecular flexibility index (Phi) is 4.26. The molecule has 5 heteroatoms. The largest absolute Gasteiger partial charge is 0.494 e. The maximum atomic E-state index is 10.8. The van der Waals surface area contributed by atoms with Crippen LogP contribution in [0.1, 0.15) is 31.2 Å². The molecule has 3 nitrogen and oxygen atoms in total. The van der Waals surface area contributed by atoms with Gasteiger partial charge < -0.3 is 9.84 Å². The van der Waals surface area contributed by atoms with Crippen molar-refractivity contribution in [3.05, 3.63) is 27.7 Å². The quantitative estimate of drug-likeness (QED) is 0.886. The van der Waals surface area contributed by atoms with Gasteiger partial charge in [-0.2, -0.15) is 0 Å². The van der Waals surface area contributed by atoms with Crippen molar-refractivity contribution in [2.24, 2.45) is 11.8 Å². The van der Waals surface area contributed by atoms with Crippen LogP contribution in [0.4, 0.5) is 0 Å². The predicted molar refractivity (Wildman–Crippen MR) is 75.3 cm³/mol. The van der Waals surface area contributed by atoms with Crippen molar-refractivity contribution in [3.63, 3.8) is 0 Å². The summed E-state index contributed by atoms with van der Waals surface area (Å²) in [5.41, 5.74) is 1.02. The standard InChI is InChI=1S/C14H16Cl2O3/c1-7(3-9-4-10(9)14(17)18)8-5-11(15)13(19-2)12(16)6-8/h5-7,9-10H,3-4H2,1-2H3,(H,17,18). The number of ether oxygens (including phenoxy) is 1. The third-order valence-corrected chi connectivity index (χ3v) is 4.25. The number of hydrogen-bond donors (Lipinski definition) is 1. The molecule has 0 radical (unpaired) electrons. The van der Waals surface area contributed by atoms with Gasteiger partial charge in [0, 0.05) is 0 Å². The Morgan fingerprint density at radius 3 is 2.47 bits per heavy atom. The highest BCUT2D eigenvalue weighted by Gasteiger charge is 2.43. The molecule has 1 fully saturated rings. The second-order valence-corrected chi connectivity index (χ2v) is 5.91. The van der Waals surface area contributed by atoms with Gasteiger partial charge in [0.25, 0.3) is 0 Å². The number of benzene rings is 1. The molecule has 0 aliphatic heterocycles. The molecule has 19 heavy (non-hydrogen) atoms. The molecule has 104 valence electrons. The van der Waals surface area contributed by atoms with Crippen LogP contribution in [-0.2, 0) is 4.79 Å². The van der Waals surface area contributed by atoms with Crippen LogP contribution in [0.3, 0.4) is 0 Å². The van der Waals surface area contributed by atoms with Gasteiger partial charge in [-0.3, -0.25) is 4.79 Å². The molecule has 1 aliphatic carbocycles. The maximum Gasteiger partial charge on any atom is 0.306 e. The number of hydrogen-bond acceptors (Lipinski definition) is 2. The molecular weight excluding hydrogens is 287 g/mol. The van der Waals surface area contributed by atoms with E-state index in [2.05, 4.69) is 6.92 Å². The lowest BCUT2D eigenvalue weighted by Crippen LogP contribution is -2.02. The van der Waals surface area contributed by atoms with Crippen LogP contribution in [0.15, 0.2) is 12.1 Å². The van der Waals surface area contributed by atoms with E-state index in [9.17, 15) is 4.79 Å². The highest BCUT2D eigenvalue weighted by atomic mass is 35.5. The lowest BCUT2D eigenvalue weighted by Gasteiger charge is -2.14. The van der Waals surface area contributed by atoms with Crippen LogP contribution in [0, 0.1) is 11.8 Å². The van der Waals surface area contributed by atoms with E-state index >= 15 is 0 Å². The van der Waals surface area contributed by atoms with Crippen molar-refractivity contribution in [2.45, 2.75) is 25.7 Å². The van der Waals surface area contributed by atoms with Crippen LogP contribution in [0.25, 0.3) is 0 Å². The second-order valence-electron chi connectivity index (χ2n) is 5.10. The summed E-state index contributed by atoms with van der Waals surface area (Å²) in [5, 5.41) is 9.88. The number of carboxylic acid groups (broad SMARTS) is 1. The van der Waals surface area contributed by atoms with Crippen molar-refractivity contribution in [2.75, 3.05) is 7.11 Å². The summed E-state index contributed by atoms with van der Waals surface area (Å²) in [6.45, 7) is 2.06. The van der Waals surface area contributed by atoms with Gasteiger partial charge in [0.2, 0.25) is 0 Å². The molecule has 0 heterocycles. The second kappa shape index (κ2) is 5.59. The first-order valence-electron chi connectivity index (χ1n) is 6.19. The molecule has 3 atom stereocenters. The molecule has 0 saturated heterocycles. The smallest absolute Gasteiger partial charge is 0.306 e. The number of carboxylic acids is 1. The highest BCUT2D eigenvalue weighted by molar-refractivity contribution is 6.37. The van der Waals surface area contributed by atoms with E-state index in [1.165, 1.54) is 7.11 Å². The number of methoxy groups -OCH3 is 1. The third-order valence-electron chi connectivity index (χ3n) is 3.69. The first-order valence-corrected chi connectivity index (χ1v) is 6.95. The summed E-state index contributed by atoms with van der Waals surface area (Å²) in [6.07, 6.45) is 1.62. The minimum atomic E-state index is -0.692. The highest BCUT2D eigenvalue weighted by Crippen LogP contribution is 2.46. The fraction of sp³-hybridized carbons (Fsp3) is 0.500. The van der Waals surface area contributed by atoms with Gasteiger partial charge in [-0.1, -0.05) is 30.1 Å². The van der Waals surface area contributed by atoms with Crippen LogP contribution in [-0.4, -0.2) is 18.2 Å². The van der Waals surface area contributed by atoms with Crippen molar-refractivity contribution >= 4 is 29.2 Å². The summed E-state index contributed by atoms with van der Waals surface area (Å²) >= 11 is 12.2. The first-order chi connectivity index (χ1) is 8.93. The molecule has 2 rings (SSSR count). The molecule has 0 bridgehead atoms. The number of rotatable bonds is 5. The zero-order valence-corrected chi connectivity index (χ0v) is 12.3. The molecule has 0 spiro atoms. The minimum Gasteiger partial charge on any atom is -0.494 e. The molecule has 3 unspecified atom stereocenters. The summed E-state index contributed by atoms with van der Waals surface area (Å²) in [7, 11) is 1.53. The van der Waals surface area contributed by atoms with Gasteiger partial charge in [0.1, 0.15) is 0 Å². The number of carbonyl (C=O) groups is 1. The topological polar surface area (TPSA) is 46.5 Å². The molecule has 0 amide bonds. The SMILES string of the molecule is COc1c(Cl)cc(C(C)CC2CC2C(=O)O)cc1Cl. The number of aliphatic carboxylic acids is 1. The van der Waals surface area contributed by atoms with E-state index in [0.717, 1.165) is 18.4 Å². The minimum absolute atomic E-state index is 0.174. The molecule has 1 saturated carbocycles. The fourth-order valence-corrected chi connectivity index (χ4v) is 3.12. The average molecular weight is 303 g/mol. The van der Waals surface area contributed by atoms with Crippen LogP contribution < -0.4 is 4.74 Å². The zero-order chi connectivity index (χ0) is 14.2. The molecule has 1 aliphatic rings. The average Bonchev–Trinajstić information content (AvgIpc) is 3.08. The van der Waals surface area contributed by atoms with E-state index in [0.29, 0.717) is 15.8 Å². The van der Waals surface area contributed by atoms with E-state index in [-0.39, 0.29) is 17.8 Å². The van der Waals surface area contributed by atoms with E-state index < -0.39 is 5.97 Å². The number of halogens is 2. The molecule has 0 aromatic heterocycles. The lowest BCUT2D eigenvalue weighted by molar-refractivity contribution is -0.138. The normalized spacial score (nSPS) is 22.9. The Balaban J connectivity index is 2.08. The van der Waals surface area contributed by atoms with Gasteiger partial charge >= 0.3 is 5.97 Å². The van der Waals surface area contributed by atoms with Crippen molar-refractivity contribution in [1.29, 1.82) is 0 Å². The molecular formula is C14H16Cl2O3. The van der Waals surface area contributed by atoms with Crippen molar-refractivity contribution < 1.29 is 14.6 Å². The Bertz CT molecular complexity index is 478. The zero-order valence-electron chi connectivity index (χ0n) is 10.8. The summed E-state index contributed by atoms with van der Waals surface area (Å²) in [4.78, 5) is 10.8. The van der Waals surface area contributed by atoms with Crippen molar-refractivity contribution in [1.82, 2.24) is 0 Å². The summed E-state index contributed by atoms with van der Waals surface area (Å²) in [5.74, 6) is 0.117. The van der Waals surface area contributed by atoms with Crippen LogP contribution >= 0.6 is 23.2 Å². The first kappa shape index (κ1) is 14.5. The van der Waals surface area contributed by atoms with Gasteiger partial charge in [0.15, 0.2) is 5.75 Å². The third kappa shape index (κ3) is 3.15. The van der Waals surface area contributed by atoms with Gasteiger partial charge in [-0.05, 0) is 42.4 Å². The molecule has 1 N–H and O–H groups in total. The van der Waals surface area contributed by atoms with Crippen LogP contribution in [0.2, 0.25) is 10.0 Å². The van der Waals surface area contributed by atoms with E-state index in [1.807, 2.05) is 12.1 Å². The maximum absolute atomic E-state index is 10.8. The van der Waals surface area contributed by atoms with E-state index in [1.54, 1.807) is 0 Å². The summed E-state index contributed by atoms with van der Waals surface area (Å²) < 4.78 is 5.11. The summed E-state index contributed by atoms with van der Waals surface area (Å²) in [6, 6.07) is 3.68. The van der Waals surface area contributed by atoms with Crippen molar-refractivity contribution in [3.8, 4) is 5.75 Å². The monoisotopic (exact) mass is 302 g/mol. The van der Waals surface area contributed by atoms with Gasteiger partial charge in [0.05, 0.1) is 23.1 Å². The molecule has 1 aromatic rings. The Hall–Kier alpha value is -0.930. The lowest BCUT2D eigenvalue weighted by atomic mass is 9.94. The van der Waals surface area contributed by atoms with E-state index in [4.69, 9.17) is 33.0 Å².